The van der Waals surface area contributed by atoms with Crippen molar-refractivity contribution in [3.63, 3.8) is 0 Å². The number of aromatic nitrogens is 1. The monoisotopic (exact) mass is 310 g/mol. The summed E-state index contributed by atoms with van der Waals surface area (Å²) in [6.45, 7) is 4.19. The van der Waals surface area contributed by atoms with Crippen molar-refractivity contribution in [2.75, 3.05) is 31.9 Å². The van der Waals surface area contributed by atoms with E-state index in [2.05, 4.69) is 4.98 Å². The normalized spacial score (nSPS) is 15.7. The van der Waals surface area contributed by atoms with Gasteiger partial charge in [-0.1, -0.05) is 18.5 Å². The van der Waals surface area contributed by atoms with E-state index in [4.69, 9.17) is 17.3 Å². The molecule has 1 saturated heterocycles. The average molecular weight is 311 g/mol. The van der Waals surface area contributed by atoms with Crippen LogP contribution in [0.3, 0.4) is 0 Å². The van der Waals surface area contributed by atoms with Gasteiger partial charge in [0.05, 0.1) is 17.4 Å². The Bertz CT molecular complexity index is 550. The van der Waals surface area contributed by atoms with Crippen molar-refractivity contribution in [3.8, 4) is 0 Å². The number of pyridine rings is 1. The summed E-state index contributed by atoms with van der Waals surface area (Å²) < 4.78 is 0. The summed E-state index contributed by atoms with van der Waals surface area (Å²) in [5, 5.41) is 0.241. The van der Waals surface area contributed by atoms with Crippen LogP contribution >= 0.6 is 11.6 Å². The predicted octanol–water partition coefficient (Wildman–Crippen LogP) is 1.40. The summed E-state index contributed by atoms with van der Waals surface area (Å²) in [6.07, 6.45) is 2.64. The standard InChI is InChI=1S/C14H19ClN4O2/c1-2-13(20)18-4-3-5-19(7-6-18)14(21)10-8-12(15)17-9-11(10)16/h8-9H,2-7,16H2,1H3. The minimum atomic E-state index is -0.164. The Labute approximate surface area is 128 Å². The molecule has 21 heavy (non-hydrogen) atoms. The first-order valence-corrected chi connectivity index (χ1v) is 7.38. The van der Waals surface area contributed by atoms with Crippen LogP contribution in [0.1, 0.15) is 30.1 Å². The average Bonchev–Trinajstić information content (AvgIpc) is 2.74. The minimum absolute atomic E-state index is 0.121. The highest BCUT2D eigenvalue weighted by Crippen LogP contribution is 2.18. The van der Waals surface area contributed by atoms with E-state index in [-0.39, 0.29) is 17.0 Å². The number of rotatable bonds is 2. The zero-order valence-electron chi connectivity index (χ0n) is 12.0. The predicted molar refractivity (Wildman–Crippen MR) is 81.1 cm³/mol. The van der Waals surface area contributed by atoms with Gasteiger partial charge in [-0.05, 0) is 12.5 Å². The quantitative estimate of drug-likeness (QED) is 0.837. The molecule has 1 aliphatic rings. The number of carbonyl (C=O) groups is 2. The van der Waals surface area contributed by atoms with Crippen LogP contribution in [0, 0.1) is 0 Å². The van der Waals surface area contributed by atoms with Crippen molar-refractivity contribution in [1.29, 1.82) is 0 Å². The van der Waals surface area contributed by atoms with Crippen LogP contribution in [0.2, 0.25) is 5.15 Å². The van der Waals surface area contributed by atoms with Crippen molar-refractivity contribution in [1.82, 2.24) is 14.8 Å². The van der Waals surface area contributed by atoms with Crippen molar-refractivity contribution in [2.45, 2.75) is 19.8 Å². The maximum atomic E-state index is 12.5. The molecule has 0 atom stereocenters. The smallest absolute Gasteiger partial charge is 0.256 e. The van der Waals surface area contributed by atoms with Crippen LogP contribution in [0.15, 0.2) is 12.3 Å². The van der Waals surface area contributed by atoms with Gasteiger partial charge < -0.3 is 15.5 Å². The van der Waals surface area contributed by atoms with Gasteiger partial charge >= 0.3 is 0 Å². The molecule has 6 nitrogen and oxygen atoms in total. The maximum absolute atomic E-state index is 12.5. The Morgan fingerprint density at radius 3 is 2.67 bits per heavy atom. The van der Waals surface area contributed by atoms with Crippen molar-refractivity contribution in [3.05, 3.63) is 23.0 Å². The van der Waals surface area contributed by atoms with Gasteiger partial charge in [0, 0.05) is 32.6 Å². The molecule has 7 heteroatoms. The number of amides is 2. The van der Waals surface area contributed by atoms with Gasteiger partial charge in [-0.2, -0.15) is 0 Å². The zero-order chi connectivity index (χ0) is 15.4. The molecule has 2 rings (SSSR count). The van der Waals surface area contributed by atoms with E-state index in [0.717, 1.165) is 6.42 Å². The third kappa shape index (κ3) is 3.64. The number of halogens is 1. The highest BCUT2D eigenvalue weighted by atomic mass is 35.5. The molecule has 0 bridgehead atoms. The second kappa shape index (κ2) is 6.76. The highest BCUT2D eigenvalue weighted by Gasteiger charge is 2.23. The third-order valence-electron chi connectivity index (χ3n) is 3.57. The first kappa shape index (κ1) is 15.6. The largest absolute Gasteiger partial charge is 0.397 e. The lowest BCUT2D eigenvalue weighted by Crippen LogP contribution is -2.37. The molecular formula is C14H19ClN4O2. The minimum Gasteiger partial charge on any atom is -0.397 e. The summed E-state index contributed by atoms with van der Waals surface area (Å²) in [5.74, 6) is -0.0432. The maximum Gasteiger partial charge on any atom is 0.256 e. The van der Waals surface area contributed by atoms with Gasteiger partial charge in [-0.15, -0.1) is 0 Å². The fourth-order valence-electron chi connectivity index (χ4n) is 2.39. The lowest BCUT2D eigenvalue weighted by Gasteiger charge is -2.22. The molecule has 2 N–H and O–H groups in total. The number of nitrogen functional groups attached to an aromatic ring is 1. The topological polar surface area (TPSA) is 79.5 Å². The molecule has 0 spiro atoms. The van der Waals surface area contributed by atoms with Crippen molar-refractivity contribution >= 4 is 29.1 Å². The molecule has 2 amide bonds. The summed E-state index contributed by atoms with van der Waals surface area (Å²) >= 11 is 5.83. The molecule has 1 aromatic heterocycles. The van der Waals surface area contributed by atoms with E-state index in [1.807, 2.05) is 6.92 Å². The summed E-state index contributed by atoms with van der Waals surface area (Å²) in [4.78, 5) is 31.6. The zero-order valence-corrected chi connectivity index (χ0v) is 12.8. The molecule has 0 aromatic carbocycles. The molecule has 1 aliphatic heterocycles. The second-order valence-corrected chi connectivity index (χ2v) is 5.36. The molecule has 114 valence electrons. The third-order valence-corrected chi connectivity index (χ3v) is 3.78. The Hall–Kier alpha value is -1.82. The first-order valence-electron chi connectivity index (χ1n) is 7.01. The molecule has 0 radical (unpaired) electrons. The van der Waals surface area contributed by atoms with Crippen molar-refractivity contribution < 1.29 is 9.59 Å². The lowest BCUT2D eigenvalue weighted by atomic mass is 10.2. The fourth-order valence-corrected chi connectivity index (χ4v) is 2.55. The number of carbonyl (C=O) groups excluding carboxylic acids is 2. The van der Waals surface area contributed by atoms with Crippen LogP contribution in [-0.2, 0) is 4.79 Å². The van der Waals surface area contributed by atoms with Crippen LogP contribution in [0.5, 0.6) is 0 Å². The molecular weight excluding hydrogens is 292 g/mol. The van der Waals surface area contributed by atoms with Gasteiger partial charge in [-0.25, -0.2) is 4.98 Å². The SMILES string of the molecule is CCC(=O)N1CCCN(C(=O)c2cc(Cl)ncc2N)CC1. The molecule has 1 aromatic rings. The van der Waals surface area contributed by atoms with Crippen LogP contribution in [-0.4, -0.2) is 52.8 Å². The van der Waals surface area contributed by atoms with Gasteiger partial charge in [-0.3, -0.25) is 9.59 Å². The molecule has 1 fully saturated rings. The summed E-state index contributed by atoms with van der Waals surface area (Å²) in [7, 11) is 0. The van der Waals surface area contributed by atoms with Gasteiger partial charge in [0.2, 0.25) is 5.91 Å². The number of nitrogens with two attached hydrogens (primary N) is 1. The van der Waals surface area contributed by atoms with Crippen molar-refractivity contribution in [2.24, 2.45) is 0 Å². The Balaban J connectivity index is 2.10. The van der Waals surface area contributed by atoms with Crippen LogP contribution in [0.4, 0.5) is 5.69 Å². The molecule has 2 heterocycles. The molecule has 0 unspecified atom stereocenters. The van der Waals surface area contributed by atoms with Gasteiger partial charge in [0.1, 0.15) is 5.15 Å². The highest BCUT2D eigenvalue weighted by molar-refractivity contribution is 6.29. The number of nitrogens with zero attached hydrogens (tertiary/aromatic N) is 3. The van der Waals surface area contributed by atoms with E-state index in [1.165, 1.54) is 12.3 Å². The van der Waals surface area contributed by atoms with E-state index < -0.39 is 0 Å². The van der Waals surface area contributed by atoms with Crippen LogP contribution in [0.25, 0.3) is 0 Å². The molecule has 0 saturated carbocycles. The second-order valence-electron chi connectivity index (χ2n) is 4.97. The Morgan fingerprint density at radius 2 is 1.95 bits per heavy atom. The summed E-state index contributed by atoms with van der Waals surface area (Å²) in [5.41, 5.74) is 6.48. The Morgan fingerprint density at radius 1 is 1.29 bits per heavy atom. The lowest BCUT2D eigenvalue weighted by molar-refractivity contribution is -0.130. The van der Waals surface area contributed by atoms with Crippen LogP contribution < -0.4 is 5.73 Å². The summed E-state index contributed by atoms with van der Waals surface area (Å²) in [6, 6.07) is 1.49. The Kier molecular flexibility index (Phi) is 5.01. The van der Waals surface area contributed by atoms with E-state index in [9.17, 15) is 9.59 Å². The van der Waals surface area contributed by atoms with E-state index >= 15 is 0 Å². The first-order chi connectivity index (χ1) is 10.0. The number of anilines is 1. The van der Waals surface area contributed by atoms with Gasteiger partial charge in [0.15, 0.2) is 0 Å². The van der Waals surface area contributed by atoms with Gasteiger partial charge in [0.25, 0.3) is 5.91 Å². The fraction of sp³-hybridized carbons (Fsp3) is 0.500. The van der Waals surface area contributed by atoms with E-state index in [1.54, 1.807) is 9.80 Å². The van der Waals surface area contributed by atoms with E-state index in [0.29, 0.717) is 43.9 Å². The number of hydrogen-bond acceptors (Lipinski definition) is 4. The molecule has 0 aliphatic carbocycles. The number of hydrogen-bond donors (Lipinski definition) is 1.